The minimum Gasteiger partial charge on any atom is -0.348 e. The summed E-state index contributed by atoms with van der Waals surface area (Å²) in [5, 5.41) is 4.34. The van der Waals surface area contributed by atoms with Gasteiger partial charge in [0.25, 0.3) is 0 Å². The van der Waals surface area contributed by atoms with Gasteiger partial charge in [-0.15, -0.1) is 0 Å². The lowest BCUT2D eigenvalue weighted by Gasteiger charge is -2.34. The third-order valence-corrected chi connectivity index (χ3v) is 4.46. The summed E-state index contributed by atoms with van der Waals surface area (Å²) in [5.74, 6) is 2.30. The van der Waals surface area contributed by atoms with E-state index in [4.69, 9.17) is 0 Å². The van der Waals surface area contributed by atoms with E-state index in [1.807, 2.05) is 36.7 Å². The van der Waals surface area contributed by atoms with Crippen LogP contribution < -0.4 is 0 Å². The van der Waals surface area contributed by atoms with Gasteiger partial charge in [-0.2, -0.15) is 16.9 Å². The molecule has 0 aliphatic carbocycles. The molecule has 2 heterocycles. The molecule has 1 fully saturated rings. The van der Waals surface area contributed by atoms with E-state index in [-0.39, 0.29) is 5.91 Å². The largest absolute Gasteiger partial charge is 0.348 e. The van der Waals surface area contributed by atoms with E-state index in [1.54, 1.807) is 4.90 Å². The predicted octanol–water partition coefficient (Wildman–Crippen LogP) is 1.08. The number of thioether (sulfide) groups is 1. The average Bonchev–Trinajstić information content (AvgIpc) is 2.88. The fourth-order valence-electron chi connectivity index (χ4n) is 2.17. The maximum absolute atomic E-state index is 11.9. The molecule has 1 aromatic rings. The van der Waals surface area contributed by atoms with Gasteiger partial charge in [0.05, 0.1) is 12.7 Å². The van der Waals surface area contributed by atoms with Crippen LogP contribution in [0.4, 0.5) is 0 Å². The first kappa shape index (κ1) is 14.4. The zero-order valence-electron chi connectivity index (χ0n) is 11.9. The van der Waals surface area contributed by atoms with Crippen LogP contribution in [-0.2, 0) is 11.3 Å². The summed E-state index contributed by atoms with van der Waals surface area (Å²) in [4.78, 5) is 15.8. The number of aromatic nitrogens is 2. The average molecular weight is 282 g/mol. The first-order chi connectivity index (χ1) is 9.11. The molecule has 0 unspecified atom stereocenters. The second-order valence-corrected chi connectivity index (χ2v) is 6.13. The Bertz CT molecular complexity index is 432. The van der Waals surface area contributed by atoms with E-state index < -0.39 is 0 Å². The van der Waals surface area contributed by atoms with Crippen LogP contribution in [0.2, 0.25) is 0 Å². The topological polar surface area (TPSA) is 41.4 Å². The van der Waals surface area contributed by atoms with Crippen molar-refractivity contribution in [3.63, 3.8) is 0 Å². The number of carbonyl (C=O) groups is 1. The highest BCUT2D eigenvalue weighted by molar-refractivity contribution is 7.99. The fourth-order valence-corrected chi connectivity index (χ4v) is 3.33. The zero-order chi connectivity index (χ0) is 13.8. The third kappa shape index (κ3) is 3.51. The number of hydrogen-bond acceptors (Lipinski definition) is 4. The van der Waals surface area contributed by atoms with Gasteiger partial charge in [-0.1, -0.05) is 0 Å². The lowest BCUT2D eigenvalue weighted by atomic mass is 10.1. The van der Waals surface area contributed by atoms with Crippen molar-refractivity contribution < 1.29 is 4.79 Å². The van der Waals surface area contributed by atoms with Crippen molar-refractivity contribution in [2.24, 2.45) is 0 Å². The number of carbonyl (C=O) groups excluding carboxylic acids is 1. The summed E-state index contributed by atoms with van der Waals surface area (Å²) in [6, 6.07) is 0.308. The van der Waals surface area contributed by atoms with Crippen molar-refractivity contribution in [1.29, 1.82) is 0 Å². The van der Waals surface area contributed by atoms with Crippen LogP contribution in [-0.4, -0.2) is 64.2 Å². The summed E-state index contributed by atoms with van der Waals surface area (Å²) >= 11 is 1.95. The first-order valence-electron chi connectivity index (χ1n) is 6.66. The summed E-state index contributed by atoms with van der Waals surface area (Å²) in [7, 11) is 3.62. The van der Waals surface area contributed by atoms with Crippen LogP contribution in [0.15, 0.2) is 12.4 Å². The minimum absolute atomic E-state index is 0.166. The lowest BCUT2D eigenvalue weighted by molar-refractivity contribution is -0.130. The van der Waals surface area contributed by atoms with Gasteiger partial charge in [0.2, 0.25) is 5.91 Å². The number of likely N-dealkylation sites (N-methyl/N-ethyl adjacent to an activating group) is 1. The van der Waals surface area contributed by atoms with Gasteiger partial charge >= 0.3 is 0 Å². The van der Waals surface area contributed by atoms with Crippen LogP contribution in [0.25, 0.3) is 0 Å². The maximum Gasteiger partial charge on any atom is 0.236 e. The molecule has 5 nitrogen and oxygen atoms in total. The molecule has 0 aromatic carbocycles. The number of nitrogens with zero attached hydrogens (tertiary/aromatic N) is 4. The van der Waals surface area contributed by atoms with Crippen LogP contribution in [0.5, 0.6) is 0 Å². The Morgan fingerprint density at radius 3 is 3.00 bits per heavy atom. The molecule has 19 heavy (non-hydrogen) atoms. The standard InChI is InChI=1S/C13H22N4OS/c1-4-17-8-11(7-14-17)12-10-19-6-5-16(12)9-13(18)15(2)3/h7-8,12H,4-6,9-10H2,1-3H3/t12-/m0/s1. The molecule has 0 spiro atoms. The second kappa shape index (κ2) is 6.43. The van der Waals surface area contributed by atoms with Crippen LogP contribution >= 0.6 is 11.8 Å². The molecule has 1 atom stereocenters. The maximum atomic E-state index is 11.9. The van der Waals surface area contributed by atoms with Crippen molar-refractivity contribution in [1.82, 2.24) is 19.6 Å². The van der Waals surface area contributed by atoms with Gasteiger partial charge in [-0.25, -0.2) is 0 Å². The Kier molecular flexibility index (Phi) is 4.87. The molecule has 2 rings (SSSR count). The molecule has 6 heteroatoms. The van der Waals surface area contributed by atoms with Crippen LogP contribution in [0.3, 0.4) is 0 Å². The Hall–Kier alpha value is -1.01. The van der Waals surface area contributed by atoms with Gasteiger partial charge < -0.3 is 4.90 Å². The van der Waals surface area contributed by atoms with Crippen molar-refractivity contribution in [3.05, 3.63) is 18.0 Å². The van der Waals surface area contributed by atoms with Gasteiger partial charge in [-0.3, -0.25) is 14.4 Å². The molecule has 0 N–H and O–H groups in total. The summed E-state index contributed by atoms with van der Waals surface area (Å²) < 4.78 is 1.94. The summed E-state index contributed by atoms with van der Waals surface area (Å²) in [6.07, 6.45) is 4.04. The normalized spacial score (nSPS) is 20.5. The Balaban J connectivity index is 2.09. The van der Waals surface area contributed by atoms with E-state index in [0.717, 1.165) is 24.6 Å². The van der Waals surface area contributed by atoms with Gasteiger partial charge in [0, 0.05) is 56.5 Å². The highest BCUT2D eigenvalue weighted by atomic mass is 32.2. The van der Waals surface area contributed by atoms with Crippen molar-refractivity contribution in [3.8, 4) is 0 Å². The molecule has 0 saturated carbocycles. The van der Waals surface area contributed by atoms with E-state index in [1.165, 1.54) is 5.56 Å². The third-order valence-electron chi connectivity index (χ3n) is 3.44. The fraction of sp³-hybridized carbons (Fsp3) is 0.692. The molecule has 1 aromatic heterocycles. The summed E-state index contributed by atoms with van der Waals surface area (Å²) in [6.45, 7) is 4.43. The zero-order valence-corrected chi connectivity index (χ0v) is 12.7. The molecule has 1 aliphatic rings. The highest BCUT2D eigenvalue weighted by Gasteiger charge is 2.27. The summed E-state index contributed by atoms with van der Waals surface area (Å²) in [5.41, 5.74) is 1.22. The number of rotatable bonds is 4. The predicted molar refractivity (Wildman–Crippen MR) is 78.2 cm³/mol. The van der Waals surface area contributed by atoms with Crippen molar-refractivity contribution >= 4 is 17.7 Å². The highest BCUT2D eigenvalue weighted by Crippen LogP contribution is 2.29. The molecular weight excluding hydrogens is 260 g/mol. The quantitative estimate of drug-likeness (QED) is 0.829. The SMILES string of the molecule is CCn1cc([C@@H]2CSCCN2CC(=O)N(C)C)cn1. The van der Waals surface area contributed by atoms with Gasteiger partial charge in [-0.05, 0) is 6.92 Å². The van der Waals surface area contributed by atoms with Gasteiger partial charge in [0.15, 0.2) is 0 Å². The van der Waals surface area contributed by atoms with Crippen LogP contribution in [0, 0.1) is 0 Å². The molecule has 0 radical (unpaired) electrons. The van der Waals surface area contributed by atoms with Crippen LogP contribution in [0.1, 0.15) is 18.5 Å². The smallest absolute Gasteiger partial charge is 0.236 e. The molecular formula is C13H22N4OS. The second-order valence-electron chi connectivity index (χ2n) is 4.98. The first-order valence-corrected chi connectivity index (χ1v) is 7.81. The van der Waals surface area contributed by atoms with E-state index in [9.17, 15) is 4.79 Å². The van der Waals surface area contributed by atoms with Gasteiger partial charge in [0.1, 0.15) is 0 Å². The van der Waals surface area contributed by atoms with E-state index in [0.29, 0.717) is 12.6 Å². The van der Waals surface area contributed by atoms with Crippen molar-refractivity contribution in [2.45, 2.75) is 19.5 Å². The molecule has 1 amide bonds. The van der Waals surface area contributed by atoms with E-state index in [2.05, 4.69) is 23.1 Å². The number of amides is 1. The molecule has 1 aliphatic heterocycles. The minimum atomic E-state index is 0.166. The number of hydrogen-bond donors (Lipinski definition) is 0. The lowest BCUT2D eigenvalue weighted by Crippen LogP contribution is -2.42. The molecule has 106 valence electrons. The Labute approximate surface area is 118 Å². The molecule has 0 bridgehead atoms. The monoisotopic (exact) mass is 282 g/mol. The van der Waals surface area contributed by atoms with Crippen molar-refractivity contribution in [2.75, 3.05) is 38.7 Å². The number of aryl methyl sites for hydroxylation is 1. The Morgan fingerprint density at radius 1 is 1.58 bits per heavy atom. The molecule has 1 saturated heterocycles. The van der Waals surface area contributed by atoms with E-state index >= 15 is 0 Å². The Morgan fingerprint density at radius 2 is 2.37 bits per heavy atom.